The normalized spacial score (nSPS) is 11.9. The lowest BCUT2D eigenvalue weighted by molar-refractivity contribution is 0.370. The van der Waals surface area contributed by atoms with Crippen LogP contribution in [0.1, 0.15) is 51.4 Å². The van der Waals surface area contributed by atoms with Gasteiger partial charge in [0.25, 0.3) is 0 Å². The molecule has 0 aliphatic heterocycles. The van der Waals surface area contributed by atoms with Gasteiger partial charge in [0, 0.05) is 6.16 Å². The lowest BCUT2D eigenvalue weighted by atomic mass is 10.1. The Morgan fingerprint density at radius 3 is 1.60 bits per heavy atom. The summed E-state index contributed by atoms with van der Waals surface area (Å²) in [6.45, 7) is 0. The molecule has 0 rings (SSSR count). The summed E-state index contributed by atoms with van der Waals surface area (Å²) in [5.74, 6) is 0.974. The van der Waals surface area contributed by atoms with E-state index in [4.69, 9.17) is 9.79 Å². The Bertz CT molecular complexity index is 182. The molecule has 0 heterocycles. The number of hydrogen-bond acceptors (Lipinski definition) is 2. The van der Waals surface area contributed by atoms with Gasteiger partial charge in [-0.05, 0) is 18.6 Å². The van der Waals surface area contributed by atoms with E-state index in [-0.39, 0.29) is 6.16 Å². The maximum atomic E-state index is 10.5. The molecule has 2 N–H and O–H groups in total. The van der Waals surface area contributed by atoms with Gasteiger partial charge in [0.1, 0.15) is 0 Å². The Hall–Kier alpha value is 0.500. The van der Waals surface area contributed by atoms with Crippen molar-refractivity contribution in [1.82, 2.24) is 0 Å². The van der Waals surface area contributed by atoms with Gasteiger partial charge in [-0.3, -0.25) is 4.57 Å². The first-order chi connectivity index (χ1) is 7.06. The Labute approximate surface area is 98.2 Å². The van der Waals surface area contributed by atoms with Gasteiger partial charge in [0.2, 0.25) is 0 Å². The van der Waals surface area contributed by atoms with E-state index < -0.39 is 7.60 Å². The van der Waals surface area contributed by atoms with Crippen LogP contribution < -0.4 is 0 Å². The molecule has 15 heavy (non-hydrogen) atoms. The maximum absolute atomic E-state index is 10.5. The zero-order chi connectivity index (χ0) is 11.6. The van der Waals surface area contributed by atoms with Crippen LogP contribution in [0.3, 0.4) is 0 Å². The quantitative estimate of drug-likeness (QED) is 0.319. The van der Waals surface area contributed by atoms with Crippen LogP contribution in [0.5, 0.6) is 0 Å². The van der Waals surface area contributed by atoms with E-state index in [0.29, 0.717) is 6.42 Å². The fourth-order valence-electron chi connectivity index (χ4n) is 1.49. The van der Waals surface area contributed by atoms with Crippen molar-refractivity contribution in [2.45, 2.75) is 51.4 Å². The van der Waals surface area contributed by atoms with Crippen LogP contribution in [0.4, 0.5) is 0 Å². The molecular weight excluding hydrogens is 231 g/mol. The third-order valence-corrected chi connectivity index (χ3v) is 3.57. The van der Waals surface area contributed by atoms with Crippen molar-refractivity contribution in [1.29, 1.82) is 0 Å². The van der Waals surface area contributed by atoms with Crippen LogP contribution in [-0.4, -0.2) is 21.7 Å². The van der Waals surface area contributed by atoms with Crippen molar-refractivity contribution in [3.05, 3.63) is 0 Å². The number of unbranched alkanes of at least 4 members (excludes halogenated alkanes) is 7. The molecule has 0 aromatic heterocycles. The first-order valence-electron chi connectivity index (χ1n) is 5.72. The minimum atomic E-state index is -3.74. The Balaban J connectivity index is 3.02. The van der Waals surface area contributed by atoms with Crippen molar-refractivity contribution in [2.24, 2.45) is 0 Å². The van der Waals surface area contributed by atoms with Crippen LogP contribution >= 0.6 is 20.2 Å². The first kappa shape index (κ1) is 15.5. The molecule has 0 bridgehead atoms. The maximum Gasteiger partial charge on any atom is 0.325 e. The lowest BCUT2D eigenvalue weighted by Gasteiger charge is -2.03. The Morgan fingerprint density at radius 1 is 0.800 bits per heavy atom. The molecule has 0 saturated carbocycles. The molecule has 0 atom stereocenters. The molecule has 0 spiro atoms. The van der Waals surface area contributed by atoms with Gasteiger partial charge in [0.15, 0.2) is 0 Å². The predicted octanol–water partition coefficient (Wildman–Crippen LogP) is 3.21. The lowest BCUT2D eigenvalue weighted by Crippen LogP contribution is -1.88. The third-order valence-electron chi connectivity index (χ3n) is 2.36. The summed E-state index contributed by atoms with van der Waals surface area (Å²) in [5, 5.41) is 0. The average Bonchev–Trinajstić information content (AvgIpc) is 2.14. The Kier molecular flexibility index (Phi) is 10.0. The first-order valence-corrected chi connectivity index (χ1v) is 8.15. The van der Waals surface area contributed by atoms with Crippen molar-refractivity contribution in [3.8, 4) is 0 Å². The molecule has 92 valence electrons. The highest BCUT2D eigenvalue weighted by Crippen LogP contribution is 2.35. The summed E-state index contributed by atoms with van der Waals surface area (Å²) >= 11 is 4.14. The van der Waals surface area contributed by atoms with E-state index in [1.165, 1.54) is 32.1 Å². The smallest absolute Gasteiger partial charge is 0.324 e. The second-order valence-corrected chi connectivity index (χ2v) is 6.16. The highest BCUT2D eigenvalue weighted by molar-refractivity contribution is 7.80. The number of rotatable bonds is 10. The zero-order valence-electron chi connectivity index (χ0n) is 9.27. The highest BCUT2D eigenvalue weighted by atomic mass is 32.1. The summed E-state index contributed by atoms with van der Waals surface area (Å²) in [7, 11) is -3.74. The van der Waals surface area contributed by atoms with E-state index >= 15 is 0 Å². The molecule has 0 aliphatic carbocycles. The SMILES string of the molecule is O=P(O)(O)CCCCCCCCCCS. The molecule has 3 nitrogen and oxygen atoms in total. The van der Waals surface area contributed by atoms with E-state index in [9.17, 15) is 4.57 Å². The molecule has 0 amide bonds. The van der Waals surface area contributed by atoms with Crippen LogP contribution in [0, 0.1) is 0 Å². The molecule has 0 aliphatic rings. The van der Waals surface area contributed by atoms with Gasteiger partial charge >= 0.3 is 7.60 Å². The second kappa shape index (κ2) is 9.71. The van der Waals surface area contributed by atoms with Crippen LogP contribution in [0.15, 0.2) is 0 Å². The van der Waals surface area contributed by atoms with Crippen molar-refractivity contribution in [3.63, 3.8) is 0 Å². The summed E-state index contributed by atoms with van der Waals surface area (Å²) in [6, 6.07) is 0. The predicted molar refractivity (Wildman–Crippen MR) is 67.7 cm³/mol. The van der Waals surface area contributed by atoms with E-state index in [1.54, 1.807) is 0 Å². The molecule has 0 radical (unpaired) electrons. The molecule has 0 aromatic rings. The van der Waals surface area contributed by atoms with E-state index in [2.05, 4.69) is 12.6 Å². The highest BCUT2D eigenvalue weighted by Gasteiger charge is 2.10. The van der Waals surface area contributed by atoms with Crippen molar-refractivity contribution in [2.75, 3.05) is 11.9 Å². The van der Waals surface area contributed by atoms with E-state index in [1.807, 2.05) is 0 Å². The third kappa shape index (κ3) is 14.5. The summed E-state index contributed by atoms with van der Waals surface area (Å²) < 4.78 is 10.5. The summed E-state index contributed by atoms with van der Waals surface area (Å²) in [5.41, 5.74) is 0. The van der Waals surface area contributed by atoms with Gasteiger partial charge in [0.05, 0.1) is 0 Å². The second-order valence-electron chi connectivity index (χ2n) is 3.94. The Morgan fingerprint density at radius 2 is 1.20 bits per heavy atom. The fourth-order valence-corrected chi connectivity index (χ4v) is 2.35. The van der Waals surface area contributed by atoms with Gasteiger partial charge < -0.3 is 9.79 Å². The van der Waals surface area contributed by atoms with Gasteiger partial charge in [-0.25, -0.2) is 0 Å². The van der Waals surface area contributed by atoms with Crippen molar-refractivity contribution < 1.29 is 14.4 Å². The van der Waals surface area contributed by atoms with Crippen LogP contribution in [0.25, 0.3) is 0 Å². The van der Waals surface area contributed by atoms with Crippen molar-refractivity contribution >= 4 is 20.2 Å². The minimum absolute atomic E-state index is 0.0483. The summed E-state index contributed by atoms with van der Waals surface area (Å²) in [6.07, 6.45) is 8.88. The molecule has 0 unspecified atom stereocenters. The summed E-state index contributed by atoms with van der Waals surface area (Å²) in [4.78, 5) is 17.2. The number of thiol groups is 1. The van der Waals surface area contributed by atoms with Gasteiger partial charge in [-0.2, -0.15) is 12.6 Å². The monoisotopic (exact) mass is 254 g/mol. The van der Waals surface area contributed by atoms with E-state index in [0.717, 1.165) is 18.6 Å². The minimum Gasteiger partial charge on any atom is -0.324 e. The molecule has 0 aromatic carbocycles. The zero-order valence-corrected chi connectivity index (χ0v) is 11.1. The topological polar surface area (TPSA) is 57.5 Å². The van der Waals surface area contributed by atoms with Gasteiger partial charge in [-0.1, -0.05) is 38.5 Å². The standard InChI is InChI=1S/C10H23O3PS/c11-14(12,13)9-7-5-3-1-2-4-6-8-10-15/h15H,1-10H2,(H2,11,12,13). The van der Waals surface area contributed by atoms with Crippen LogP contribution in [0.2, 0.25) is 0 Å². The van der Waals surface area contributed by atoms with Gasteiger partial charge in [-0.15, -0.1) is 0 Å². The average molecular weight is 254 g/mol. The van der Waals surface area contributed by atoms with Crippen LogP contribution in [-0.2, 0) is 4.57 Å². The molecular formula is C10H23O3PS. The molecule has 0 saturated heterocycles. The molecule has 0 fully saturated rings. The molecule has 5 heteroatoms. The largest absolute Gasteiger partial charge is 0.325 e. The fraction of sp³-hybridized carbons (Fsp3) is 1.00. The number of hydrogen-bond donors (Lipinski definition) is 3.